The van der Waals surface area contributed by atoms with Crippen LogP contribution in [0.15, 0.2) is 18.2 Å². The summed E-state index contributed by atoms with van der Waals surface area (Å²) in [5.41, 5.74) is 13.1. The van der Waals surface area contributed by atoms with Gasteiger partial charge in [0.25, 0.3) is 5.91 Å². The minimum absolute atomic E-state index is 0.0255. The Bertz CT molecular complexity index is 813. The highest BCUT2D eigenvalue weighted by atomic mass is 16.2. The number of aryl methyl sites for hydroxylation is 3. The standard InChI is InChI=1S/C15H18N6O3/c1-7-4-5-10(8(2)6-7)21-19-9(3)11(20-21)15(24)18-12(13(16)22)14(17)23/h4-6,12H,1-3H3,(H2,16,22)(H2,17,23)(H,18,24). The molecule has 2 aromatic rings. The third kappa shape index (κ3) is 3.40. The van der Waals surface area contributed by atoms with Crippen molar-refractivity contribution in [3.8, 4) is 5.69 Å². The summed E-state index contributed by atoms with van der Waals surface area (Å²) < 4.78 is 0. The summed E-state index contributed by atoms with van der Waals surface area (Å²) in [5.74, 6) is -2.85. The Labute approximate surface area is 138 Å². The van der Waals surface area contributed by atoms with Gasteiger partial charge in [-0.25, -0.2) is 0 Å². The maximum Gasteiger partial charge on any atom is 0.274 e. The van der Waals surface area contributed by atoms with Crippen LogP contribution in [0.2, 0.25) is 0 Å². The van der Waals surface area contributed by atoms with Crippen molar-refractivity contribution in [1.82, 2.24) is 20.3 Å². The highest BCUT2D eigenvalue weighted by molar-refractivity contribution is 6.07. The first-order valence-corrected chi connectivity index (χ1v) is 7.11. The molecule has 0 aliphatic rings. The zero-order valence-corrected chi connectivity index (χ0v) is 13.5. The fourth-order valence-electron chi connectivity index (χ4n) is 2.21. The van der Waals surface area contributed by atoms with Crippen molar-refractivity contribution in [2.24, 2.45) is 11.5 Å². The zero-order chi connectivity index (χ0) is 18.0. The average Bonchev–Trinajstić information content (AvgIpc) is 2.85. The molecule has 0 bridgehead atoms. The number of nitrogens with one attached hydrogen (secondary N) is 1. The van der Waals surface area contributed by atoms with E-state index in [-0.39, 0.29) is 5.69 Å². The quantitative estimate of drug-likeness (QED) is 0.618. The first kappa shape index (κ1) is 17.1. The van der Waals surface area contributed by atoms with E-state index >= 15 is 0 Å². The maximum absolute atomic E-state index is 12.2. The van der Waals surface area contributed by atoms with Gasteiger partial charge in [0.05, 0.1) is 11.4 Å². The van der Waals surface area contributed by atoms with Crippen LogP contribution < -0.4 is 16.8 Å². The third-order valence-electron chi connectivity index (χ3n) is 3.41. The van der Waals surface area contributed by atoms with Gasteiger partial charge in [-0.3, -0.25) is 14.4 Å². The monoisotopic (exact) mass is 330 g/mol. The predicted octanol–water partition coefficient (Wildman–Crippen LogP) is -0.738. The number of nitrogens with two attached hydrogens (primary N) is 2. The number of carbonyl (C=O) groups excluding carboxylic acids is 3. The molecule has 126 valence electrons. The fraction of sp³-hybridized carbons (Fsp3) is 0.267. The Kier molecular flexibility index (Phi) is 4.63. The van der Waals surface area contributed by atoms with Crippen molar-refractivity contribution >= 4 is 17.7 Å². The molecule has 5 N–H and O–H groups in total. The normalized spacial score (nSPS) is 10.7. The lowest BCUT2D eigenvalue weighted by molar-refractivity contribution is -0.128. The van der Waals surface area contributed by atoms with E-state index in [1.807, 2.05) is 32.0 Å². The van der Waals surface area contributed by atoms with Crippen molar-refractivity contribution in [2.75, 3.05) is 0 Å². The average molecular weight is 330 g/mol. The Morgan fingerprint density at radius 1 is 1.08 bits per heavy atom. The van der Waals surface area contributed by atoms with Crippen LogP contribution in [0, 0.1) is 20.8 Å². The van der Waals surface area contributed by atoms with Crippen LogP contribution in [0.5, 0.6) is 0 Å². The Hall–Kier alpha value is -3.23. The van der Waals surface area contributed by atoms with Crippen LogP contribution >= 0.6 is 0 Å². The smallest absolute Gasteiger partial charge is 0.274 e. The van der Waals surface area contributed by atoms with E-state index in [4.69, 9.17) is 11.5 Å². The first-order chi connectivity index (χ1) is 11.2. The number of hydrogen-bond donors (Lipinski definition) is 3. The van der Waals surface area contributed by atoms with Crippen LogP contribution in [-0.4, -0.2) is 38.8 Å². The van der Waals surface area contributed by atoms with Crippen molar-refractivity contribution < 1.29 is 14.4 Å². The molecule has 9 nitrogen and oxygen atoms in total. The van der Waals surface area contributed by atoms with Crippen LogP contribution in [-0.2, 0) is 9.59 Å². The number of benzene rings is 1. The van der Waals surface area contributed by atoms with Crippen molar-refractivity contribution in [1.29, 1.82) is 0 Å². The molecule has 1 aromatic carbocycles. The molecule has 0 atom stereocenters. The van der Waals surface area contributed by atoms with E-state index in [2.05, 4.69) is 15.5 Å². The lowest BCUT2D eigenvalue weighted by Crippen LogP contribution is -2.52. The fourth-order valence-corrected chi connectivity index (χ4v) is 2.21. The van der Waals surface area contributed by atoms with Gasteiger partial charge in [0, 0.05) is 0 Å². The summed E-state index contributed by atoms with van der Waals surface area (Å²) >= 11 is 0. The summed E-state index contributed by atoms with van der Waals surface area (Å²) in [4.78, 5) is 35.9. The van der Waals surface area contributed by atoms with Crippen LogP contribution in [0.3, 0.4) is 0 Å². The first-order valence-electron chi connectivity index (χ1n) is 7.11. The summed E-state index contributed by atoms with van der Waals surface area (Å²) in [5, 5.41) is 10.5. The maximum atomic E-state index is 12.2. The second-order valence-electron chi connectivity index (χ2n) is 5.42. The van der Waals surface area contributed by atoms with Crippen molar-refractivity contribution in [2.45, 2.75) is 26.8 Å². The number of hydrogen-bond acceptors (Lipinski definition) is 5. The van der Waals surface area contributed by atoms with Gasteiger partial charge in [-0.15, -0.1) is 5.10 Å². The van der Waals surface area contributed by atoms with Crippen LogP contribution in [0.1, 0.15) is 27.3 Å². The molecule has 0 saturated carbocycles. The molecular formula is C15H18N6O3. The minimum Gasteiger partial charge on any atom is -0.367 e. The second-order valence-corrected chi connectivity index (χ2v) is 5.42. The van der Waals surface area contributed by atoms with Crippen LogP contribution in [0.25, 0.3) is 5.69 Å². The molecule has 0 unspecified atom stereocenters. The van der Waals surface area contributed by atoms with E-state index in [9.17, 15) is 14.4 Å². The molecule has 1 aromatic heterocycles. The Morgan fingerprint density at radius 2 is 1.71 bits per heavy atom. The minimum atomic E-state index is -1.61. The van der Waals surface area contributed by atoms with E-state index in [1.165, 1.54) is 4.80 Å². The van der Waals surface area contributed by atoms with Gasteiger partial charge in [-0.1, -0.05) is 17.7 Å². The second kappa shape index (κ2) is 6.49. The molecule has 24 heavy (non-hydrogen) atoms. The molecule has 0 aliphatic carbocycles. The molecular weight excluding hydrogens is 312 g/mol. The van der Waals surface area contributed by atoms with Crippen molar-refractivity contribution in [3.05, 3.63) is 40.7 Å². The van der Waals surface area contributed by atoms with Gasteiger partial charge in [0.15, 0.2) is 11.7 Å². The predicted molar refractivity (Wildman–Crippen MR) is 85.2 cm³/mol. The Balaban J connectivity index is 2.33. The molecule has 0 aliphatic heterocycles. The molecule has 0 spiro atoms. The summed E-state index contributed by atoms with van der Waals surface area (Å²) in [6, 6.07) is 4.09. The third-order valence-corrected chi connectivity index (χ3v) is 3.41. The van der Waals surface area contributed by atoms with Gasteiger partial charge in [0.1, 0.15) is 0 Å². The van der Waals surface area contributed by atoms with Gasteiger partial charge >= 0.3 is 0 Å². The number of primary amides is 2. The largest absolute Gasteiger partial charge is 0.367 e. The lowest BCUT2D eigenvalue weighted by atomic mass is 10.1. The summed E-state index contributed by atoms with van der Waals surface area (Å²) in [6.45, 7) is 5.45. The SMILES string of the molecule is Cc1ccc(-n2nc(C)c(C(=O)NC(C(N)=O)C(N)=O)n2)c(C)c1. The zero-order valence-electron chi connectivity index (χ0n) is 13.5. The number of rotatable bonds is 5. The van der Waals surface area contributed by atoms with Gasteiger partial charge in [-0.2, -0.15) is 9.90 Å². The molecule has 2 rings (SSSR count). The van der Waals surface area contributed by atoms with Gasteiger partial charge < -0.3 is 16.8 Å². The molecule has 0 saturated heterocycles. The van der Waals surface area contributed by atoms with Gasteiger partial charge in [0.2, 0.25) is 11.8 Å². The number of carbonyl (C=O) groups is 3. The highest BCUT2D eigenvalue weighted by Gasteiger charge is 2.27. The molecule has 3 amide bonds. The van der Waals surface area contributed by atoms with E-state index in [1.54, 1.807) is 6.92 Å². The van der Waals surface area contributed by atoms with E-state index in [0.29, 0.717) is 11.4 Å². The number of amides is 3. The van der Waals surface area contributed by atoms with E-state index in [0.717, 1.165) is 11.1 Å². The number of aromatic nitrogens is 3. The molecule has 1 heterocycles. The molecule has 0 fully saturated rings. The molecule has 0 radical (unpaired) electrons. The highest BCUT2D eigenvalue weighted by Crippen LogP contribution is 2.15. The van der Waals surface area contributed by atoms with Crippen LogP contribution in [0.4, 0.5) is 0 Å². The summed E-state index contributed by atoms with van der Waals surface area (Å²) in [7, 11) is 0. The Morgan fingerprint density at radius 3 is 2.25 bits per heavy atom. The van der Waals surface area contributed by atoms with Crippen molar-refractivity contribution in [3.63, 3.8) is 0 Å². The number of nitrogens with zero attached hydrogens (tertiary/aromatic N) is 3. The molecule has 9 heteroatoms. The van der Waals surface area contributed by atoms with Gasteiger partial charge in [-0.05, 0) is 32.4 Å². The summed E-state index contributed by atoms with van der Waals surface area (Å²) in [6.07, 6.45) is 0. The topological polar surface area (TPSA) is 146 Å². The van der Waals surface area contributed by atoms with E-state index < -0.39 is 23.8 Å². The lowest BCUT2D eigenvalue weighted by Gasteiger charge is -2.10.